The number of carbonyl (C=O) groups is 1. The van der Waals surface area contributed by atoms with Crippen molar-refractivity contribution in [3.05, 3.63) is 31.8 Å². The first kappa shape index (κ1) is 14.9. The monoisotopic (exact) mass is 420 g/mol. The molecular weight excluding hydrogens is 412 g/mol. The Morgan fingerprint density at radius 3 is 2.59 bits per heavy atom. The summed E-state index contributed by atoms with van der Waals surface area (Å²) in [6.07, 6.45) is -5.36. The molecule has 0 fully saturated rings. The number of carbonyl (C=O) groups excluding carboxylic acids is 1. The van der Waals surface area contributed by atoms with Crippen LogP contribution in [0.25, 0.3) is 0 Å². The van der Waals surface area contributed by atoms with Crippen molar-refractivity contribution < 1.29 is 18.0 Å². The van der Waals surface area contributed by atoms with Gasteiger partial charge in [0.15, 0.2) is 5.78 Å². The molecule has 0 atom stereocenters. The second kappa shape index (κ2) is 6.17. The number of alkyl halides is 3. The second-order valence-electron chi connectivity index (χ2n) is 3.52. The summed E-state index contributed by atoms with van der Waals surface area (Å²) in [4.78, 5) is 11.7. The molecule has 1 nitrogen and oxygen atoms in total. The Hall–Kier alpha value is -0.110. The number of rotatable bonds is 4. The SMILES string of the molecule is O=C(CCCC(F)(F)F)c1cc(I)ccc1Br. The third kappa shape index (κ3) is 5.37. The largest absolute Gasteiger partial charge is 0.389 e. The van der Waals surface area contributed by atoms with E-state index in [0.717, 1.165) is 3.57 Å². The lowest BCUT2D eigenvalue weighted by molar-refractivity contribution is -0.135. The third-order valence-corrected chi connectivity index (χ3v) is 3.46. The molecule has 0 aliphatic heterocycles. The summed E-state index contributed by atoms with van der Waals surface area (Å²) in [6, 6.07) is 5.20. The first-order chi connectivity index (χ1) is 7.79. The van der Waals surface area contributed by atoms with Crippen molar-refractivity contribution >= 4 is 44.3 Å². The Kier molecular flexibility index (Phi) is 5.43. The van der Waals surface area contributed by atoms with Crippen molar-refractivity contribution in [3.8, 4) is 0 Å². The highest BCUT2D eigenvalue weighted by Gasteiger charge is 2.26. The lowest BCUT2D eigenvalue weighted by Gasteiger charge is -2.06. The van der Waals surface area contributed by atoms with Crippen molar-refractivity contribution in [2.75, 3.05) is 0 Å². The zero-order valence-electron chi connectivity index (χ0n) is 8.65. The molecule has 6 heteroatoms. The normalized spacial score (nSPS) is 11.6. The smallest absolute Gasteiger partial charge is 0.294 e. The predicted octanol–water partition coefficient (Wildman–Crippen LogP) is 4.97. The van der Waals surface area contributed by atoms with Gasteiger partial charge in [0.2, 0.25) is 0 Å². The highest BCUT2D eigenvalue weighted by molar-refractivity contribution is 14.1. The van der Waals surface area contributed by atoms with Crippen LogP contribution in [0.1, 0.15) is 29.6 Å². The third-order valence-electron chi connectivity index (χ3n) is 2.09. The predicted molar refractivity (Wildman–Crippen MR) is 71.1 cm³/mol. The molecule has 0 radical (unpaired) electrons. The van der Waals surface area contributed by atoms with Crippen LogP contribution in [0.4, 0.5) is 13.2 Å². The van der Waals surface area contributed by atoms with Gasteiger partial charge >= 0.3 is 6.18 Å². The number of ketones is 1. The van der Waals surface area contributed by atoms with E-state index >= 15 is 0 Å². The van der Waals surface area contributed by atoms with Gasteiger partial charge in [-0.25, -0.2) is 0 Å². The van der Waals surface area contributed by atoms with E-state index in [2.05, 4.69) is 38.5 Å². The van der Waals surface area contributed by atoms with Crippen molar-refractivity contribution in [3.63, 3.8) is 0 Å². The Bertz CT molecular complexity index is 418. The maximum Gasteiger partial charge on any atom is 0.389 e. The van der Waals surface area contributed by atoms with Crippen LogP contribution in [0.5, 0.6) is 0 Å². The van der Waals surface area contributed by atoms with E-state index in [-0.39, 0.29) is 18.6 Å². The molecule has 0 bridgehead atoms. The van der Waals surface area contributed by atoms with E-state index in [9.17, 15) is 18.0 Å². The average Bonchev–Trinajstić information content (AvgIpc) is 2.19. The molecule has 0 unspecified atom stereocenters. The van der Waals surface area contributed by atoms with E-state index in [0.29, 0.717) is 10.0 Å². The Balaban J connectivity index is 2.61. The molecule has 0 aromatic heterocycles. The van der Waals surface area contributed by atoms with Crippen LogP contribution in [0.3, 0.4) is 0 Å². The van der Waals surface area contributed by atoms with Crippen LogP contribution < -0.4 is 0 Å². The summed E-state index contributed by atoms with van der Waals surface area (Å²) in [6.45, 7) is 0. The van der Waals surface area contributed by atoms with Gasteiger partial charge in [0, 0.05) is 26.4 Å². The minimum absolute atomic E-state index is 0.0851. The Labute approximate surface area is 119 Å². The zero-order valence-corrected chi connectivity index (χ0v) is 12.4. The molecule has 0 N–H and O–H groups in total. The lowest BCUT2D eigenvalue weighted by atomic mass is 10.1. The maximum absolute atomic E-state index is 11.9. The highest BCUT2D eigenvalue weighted by atomic mass is 127. The van der Waals surface area contributed by atoms with Gasteiger partial charge in [0.25, 0.3) is 0 Å². The molecule has 0 heterocycles. The fourth-order valence-electron chi connectivity index (χ4n) is 1.30. The molecule has 94 valence electrons. The van der Waals surface area contributed by atoms with Gasteiger partial charge in [0.05, 0.1) is 0 Å². The zero-order chi connectivity index (χ0) is 13.1. The van der Waals surface area contributed by atoms with Crippen LogP contribution in [0, 0.1) is 3.57 Å². The highest BCUT2D eigenvalue weighted by Crippen LogP contribution is 2.25. The molecule has 0 saturated carbocycles. The number of Topliss-reactive ketones (excluding diaryl/α,β-unsaturated/α-hetero) is 1. The van der Waals surface area contributed by atoms with E-state index < -0.39 is 12.6 Å². The summed E-state index contributed by atoms with van der Waals surface area (Å²) in [5, 5.41) is 0. The molecule has 0 amide bonds. The van der Waals surface area contributed by atoms with Crippen molar-refractivity contribution in [1.29, 1.82) is 0 Å². The summed E-state index contributed by atoms with van der Waals surface area (Å²) in [5.74, 6) is -0.264. The molecule has 0 saturated heterocycles. The van der Waals surface area contributed by atoms with Gasteiger partial charge < -0.3 is 0 Å². The Morgan fingerprint density at radius 2 is 2.00 bits per heavy atom. The van der Waals surface area contributed by atoms with Crippen molar-refractivity contribution in [2.45, 2.75) is 25.4 Å². The minimum Gasteiger partial charge on any atom is -0.294 e. The number of hydrogen-bond donors (Lipinski definition) is 0. The van der Waals surface area contributed by atoms with Gasteiger partial charge in [-0.1, -0.05) is 15.9 Å². The van der Waals surface area contributed by atoms with Crippen LogP contribution in [0.15, 0.2) is 22.7 Å². The molecule has 0 aliphatic carbocycles. The fraction of sp³-hybridized carbons (Fsp3) is 0.364. The summed E-state index contributed by atoms with van der Waals surface area (Å²) >= 11 is 5.27. The van der Waals surface area contributed by atoms with Crippen LogP contribution in [-0.4, -0.2) is 12.0 Å². The first-order valence-electron chi connectivity index (χ1n) is 4.84. The van der Waals surface area contributed by atoms with Crippen LogP contribution in [0.2, 0.25) is 0 Å². The molecular formula is C11H9BrF3IO. The van der Waals surface area contributed by atoms with Gasteiger partial charge in [-0.2, -0.15) is 13.2 Å². The average molecular weight is 421 g/mol. The number of benzene rings is 1. The standard InChI is InChI=1S/C11H9BrF3IO/c12-9-4-3-7(16)6-8(9)10(17)2-1-5-11(13,14)15/h3-4,6H,1-2,5H2. The van der Waals surface area contributed by atoms with E-state index in [4.69, 9.17) is 0 Å². The Morgan fingerprint density at radius 1 is 1.35 bits per heavy atom. The quantitative estimate of drug-likeness (QED) is 0.496. The molecule has 1 aromatic carbocycles. The lowest BCUT2D eigenvalue weighted by Crippen LogP contribution is -2.09. The molecule has 0 spiro atoms. The fourth-order valence-corrected chi connectivity index (χ4v) is 2.25. The van der Waals surface area contributed by atoms with Gasteiger partial charge in [-0.15, -0.1) is 0 Å². The number of halogens is 5. The molecule has 1 aromatic rings. The second-order valence-corrected chi connectivity index (χ2v) is 5.62. The summed E-state index contributed by atoms with van der Waals surface area (Å²) < 4.78 is 37.3. The minimum atomic E-state index is -4.19. The van der Waals surface area contributed by atoms with Gasteiger partial charge in [-0.05, 0) is 47.2 Å². The molecule has 0 aliphatic rings. The topological polar surface area (TPSA) is 17.1 Å². The first-order valence-corrected chi connectivity index (χ1v) is 6.72. The van der Waals surface area contributed by atoms with E-state index in [1.54, 1.807) is 12.1 Å². The molecule has 17 heavy (non-hydrogen) atoms. The van der Waals surface area contributed by atoms with E-state index in [1.165, 1.54) is 0 Å². The van der Waals surface area contributed by atoms with Crippen molar-refractivity contribution in [1.82, 2.24) is 0 Å². The maximum atomic E-state index is 11.9. The summed E-state index contributed by atoms with van der Waals surface area (Å²) in [7, 11) is 0. The van der Waals surface area contributed by atoms with Crippen LogP contribution in [-0.2, 0) is 0 Å². The van der Waals surface area contributed by atoms with E-state index in [1.807, 2.05) is 6.07 Å². The van der Waals surface area contributed by atoms with Gasteiger partial charge in [0.1, 0.15) is 0 Å². The van der Waals surface area contributed by atoms with Gasteiger partial charge in [-0.3, -0.25) is 4.79 Å². The van der Waals surface area contributed by atoms with Crippen molar-refractivity contribution in [2.24, 2.45) is 0 Å². The van der Waals surface area contributed by atoms with Crippen LogP contribution >= 0.6 is 38.5 Å². The number of hydrogen-bond acceptors (Lipinski definition) is 1. The summed E-state index contributed by atoms with van der Waals surface area (Å²) in [5.41, 5.74) is 0.444. The molecule has 1 rings (SSSR count).